The fourth-order valence-corrected chi connectivity index (χ4v) is 2.28. The Labute approximate surface area is 119 Å². The van der Waals surface area contributed by atoms with Gasteiger partial charge in [-0.1, -0.05) is 12.1 Å². The molecule has 1 aromatic carbocycles. The zero-order valence-electron chi connectivity index (χ0n) is 12.2. The predicted octanol–water partition coefficient (Wildman–Crippen LogP) is 1.59. The number of methoxy groups -OCH3 is 1. The number of nitrogens with zero attached hydrogens (tertiary/aromatic N) is 3. The number of likely N-dealkylation sites (N-methyl/N-ethyl adjacent to an activating group) is 1. The van der Waals surface area contributed by atoms with Crippen LogP contribution in [-0.4, -0.2) is 40.6 Å². The van der Waals surface area contributed by atoms with Gasteiger partial charge in [-0.15, -0.1) is 0 Å². The van der Waals surface area contributed by atoms with Gasteiger partial charge in [-0.05, 0) is 24.7 Å². The first-order chi connectivity index (χ1) is 9.63. The maximum Gasteiger partial charge on any atom is 0.118 e. The molecule has 0 spiro atoms. The van der Waals surface area contributed by atoms with E-state index in [0.717, 1.165) is 23.4 Å². The van der Waals surface area contributed by atoms with Crippen LogP contribution in [0.1, 0.15) is 17.2 Å². The summed E-state index contributed by atoms with van der Waals surface area (Å²) >= 11 is 0. The van der Waals surface area contributed by atoms with Crippen molar-refractivity contribution in [3.8, 4) is 5.75 Å². The molecule has 108 valence electrons. The van der Waals surface area contributed by atoms with Gasteiger partial charge in [0.25, 0.3) is 0 Å². The van der Waals surface area contributed by atoms with Gasteiger partial charge in [-0.2, -0.15) is 5.10 Å². The van der Waals surface area contributed by atoms with Gasteiger partial charge in [-0.3, -0.25) is 9.58 Å². The normalized spacial score (nSPS) is 12.7. The lowest BCUT2D eigenvalue weighted by Crippen LogP contribution is -2.26. The van der Waals surface area contributed by atoms with Gasteiger partial charge in [0.2, 0.25) is 0 Å². The summed E-state index contributed by atoms with van der Waals surface area (Å²) in [6, 6.07) is 7.76. The van der Waals surface area contributed by atoms with Gasteiger partial charge >= 0.3 is 0 Å². The summed E-state index contributed by atoms with van der Waals surface area (Å²) < 4.78 is 6.94. The van der Waals surface area contributed by atoms with Gasteiger partial charge in [0.05, 0.1) is 26.0 Å². The van der Waals surface area contributed by atoms with Gasteiger partial charge in [-0.25, -0.2) is 0 Å². The lowest BCUT2D eigenvalue weighted by atomic mass is 10.1. The van der Waals surface area contributed by atoms with Crippen molar-refractivity contribution in [2.75, 3.05) is 20.8 Å². The van der Waals surface area contributed by atoms with Gasteiger partial charge in [0.15, 0.2) is 0 Å². The lowest BCUT2D eigenvalue weighted by Gasteiger charge is -2.26. The van der Waals surface area contributed by atoms with Crippen LogP contribution < -0.4 is 4.74 Å². The minimum atomic E-state index is -0.0406. The molecule has 0 bridgehead atoms. The molecule has 5 nitrogen and oxygen atoms in total. The van der Waals surface area contributed by atoms with Crippen molar-refractivity contribution in [1.29, 1.82) is 0 Å². The van der Waals surface area contributed by atoms with Crippen LogP contribution in [0.15, 0.2) is 36.7 Å². The van der Waals surface area contributed by atoms with Crippen LogP contribution in [0.2, 0.25) is 0 Å². The number of aliphatic hydroxyl groups excluding tert-OH is 1. The number of aliphatic hydroxyl groups is 1. The standard InChI is InChI=1S/C15H21N3O2/c1-17(9-12-8-16-18(2)10-12)15(11-19)13-4-6-14(20-3)7-5-13/h4-8,10,15,19H,9,11H2,1-3H3. The first kappa shape index (κ1) is 14.6. The van der Waals surface area contributed by atoms with Crippen LogP contribution in [0.5, 0.6) is 5.75 Å². The zero-order chi connectivity index (χ0) is 14.5. The topological polar surface area (TPSA) is 50.5 Å². The molecule has 0 aliphatic heterocycles. The van der Waals surface area contributed by atoms with Crippen molar-refractivity contribution >= 4 is 0 Å². The van der Waals surface area contributed by atoms with Crippen LogP contribution in [-0.2, 0) is 13.6 Å². The third kappa shape index (κ3) is 3.37. The van der Waals surface area contributed by atoms with E-state index in [1.165, 1.54) is 0 Å². The highest BCUT2D eigenvalue weighted by Gasteiger charge is 2.16. The summed E-state index contributed by atoms with van der Waals surface area (Å²) in [6.07, 6.45) is 3.83. The average molecular weight is 275 g/mol. The zero-order valence-corrected chi connectivity index (χ0v) is 12.2. The lowest BCUT2D eigenvalue weighted by molar-refractivity contribution is 0.142. The van der Waals surface area contributed by atoms with Crippen LogP contribution in [0.4, 0.5) is 0 Å². The molecule has 1 N–H and O–H groups in total. The summed E-state index contributed by atoms with van der Waals surface area (Å²) in [4.78, 5) is 2.11. The minimum absolute atomic E-state index is 0.0406. The molecule has 0 radical (unpaired) electrons. The van der Waals surface area contributed by atoms with Crippen LogP contribution in [0, 0.1) is 0 Å². The molecular formula is C15H21N3O2. The Balaban J connectivity index is 2.09. The Morgan fingerprint density at radius 3 is 2.55 bits per heavy atom. The second-order valence-electron chi connectivity index (χ2n) is 4.91. The molecule has 1 atom stereocenters. The van der Waals surface area contributed by atoms with E-state index in [0.29, 0.717) is 0 Å². The number of hydrogen-bond acceptors (Lipinski definition) is 4. The van der Waals surface area contributed by atoms with Gasteiger partial charge in [0, 0.05) is 25.4 Å². The van der Waals surface area contributed by atoms with E-state index in [2.05, 4.69) is 10.00 Å². The maximum atomic E-state index is 9.67. The number of aryl methyl sites for hydroxylation is 1. The highest BCUT2D eigenvalue weighted by molar-refractivity contribution is 5.29. The number of benzene rings is 1. The molecule has 5 heteroatoms. The van der Waals surface area contributed by atoms with Gasteiger partial charge < -0.3 is 9.84 Å². The maximum absolute atomic E-state index is 9.67. The fraction of sp³-hybridized carbons (Fsp3) is 0.400. The molecule has 0 aliphatic rings. The van der Waals surface area contributed by atoms with E-state index < -0.39 is 0 Å². The molecule has 1 aromatic heterocycles. The molecule has 0 saturated carbocycles. The fourth-order valence-electron chi connectivity index (χ4n) is 2.28. The summed E-state index contributed by atoms with van der Waals surface area (Å²) in [5.41, 5.74) is 2.20. The monoisotopic (exact) mass is 275 g/mol. The summed E-state index contributed by atoms with van der Waals surface area (Å²) in [6.45, 7) is 0.814. The number of ether oxygens (including phenoxy) is 1. The minimum Gasteiger partial charge on any atom is -0.497 e. The first-order valence-electron chi connectivity index (χ1n) is 6.56. The Morgan fingerprint density at radius 1 is 1.35 bits per heavy atom. The third-order valence-electron chi connectivity index (χ3n) is 3.40. The van der Waals surface area contributed by atoms with E-state index in [1.807, 2.05) is 50.8 Å². The quantitative estimate of drug-likeness (QED) is 0.870. The van der Waals surface area contributed by atoms with Crippen molar-refractivity contribution < 1.29 is 9.84 Å². The second kappa shape index (κ2) is 6.54. The Morgan fingerprint density at radius 2 is 2.05 bits per heavy atom. The smallest absolute Gasteiger partial charge is 0.118 e. The molecule has 2 aromatic rings. The van der Waals surface area contributed by atoms with Crippen molar-refractivity contribution in [2.45, 2.75) is 12.6 Å². The molecule has 20 heavy (non-hydrogen) atoms. The third-order valence-corrected chi connectivity index (χ3v) is 3.40. The molecule has 1 unspecified atom stereocenters. The molecule has 2 rings (SSSR count). The van der Waals surface area contributed by atoms with E-state index in [4.69, 9.17) is 4.74 Å². The Bertz CT molecular complexity index is 536. The van der Waals surface area contributed by atoms with Crippen LogP contribution in [0.3, 0.4) is 0 Å². The van der Waals surface area contributed by atoms with E-state index >= 15 is 0 Å². The van der Waals surface area contributed by atoms with Crippen molar-refractivity contribution in [1.82, 2.24) is 14.7 Å². The molecule has 0 fully saturated rings. The summed E-state index contributed by atoms with van der Waals surface area (Å²) in [5.74, 6) is 0.820. The van der Waals surface area contributed by atoms with Crippen LogP contribution >= 0.6 is 0 Å². The first-order valence-corrected chi connectivity index (χ1v) is 6.56. The number of aromatic nitrogens is 2. The van der Waals surface area contributed by atoms with Crippen LogP contribution in [0.25, 0.3) is 0 Å². The molecular weight excluding hydrogens is 254 g/mol. The van der Waals surface area contributed by atoms with E-state index in [9.17, 15) is 5.11 Å². The second-order valence-corrected chi connectivity index (χ2v) is 4.91. The van der Waals surface area contributed by atoms with Crippen molar-refractivity contribution in [3.05, 3.63) is 47.8 Å². The highest BCUT2D eigenvalue weighted by Crippen LogP contribution is 2.23. The number of hydrogen-bond donors (Lipinski definition) is 1. The SMILES string of the molecule is COc1ccc(C(CO)N(C)Cc2cnn(C)c2)cc1. The number of rotatable bonds is 6. The molecule has 1 heterocycles. The predicted molar refractivity (Wildman–Crippen MR) is 77.5 cm³/mol. The average Bonchev–Trinajstić information content (AvgIpc) is 2.85. The molecule has 0 aliphatic carbocycles. The summed E-state index contributed by atoms with van der Waals surface area (Å²) in [7, 11) is 5.54. The summed E-state index contributed by atoms with van der Waals surface area (Å²) in [5, 5.41) is 13.8. The van der Waals surface area contributed by atoms with E-state index in [-0.39, 0.29) is 12.6 Å². The Hall–Kier alpha value is -1.85. The van der Waals surface area contributed by atoms with Gasteiger partial charge in [0.1, 0.15) is 5.75 Å². The highest BCUT2D eigenvalue weighted by atomic mass is 16.5. The van der Waals surface area contributed by atoms with Crippen molar-refractivity contribution in [2.24, 2.45) is 7.05 Å². The van der Waals surface area contributed by atoms with Crippen molar-refractivity contribution in [3.63, 3.8) is 0 Å². The molecule has 0 saturated heterocycles. The molecule has 0 amide bonds. The van der Waals surface area contributed by atoms with E-state index in [1.54, 1.807) is 11.8 Å². The largest absolute Gasteiger partial charge is 0.497 e. The Kier molecular flexibility index (Phi) is 4.76.